The number of carboxylic acid groups (broad SMARTS) is 1. The number of aliphatic hydroxyl groups is 1. The van der Waals surface area contributed by atoms with Crippen LogP contribution in [0.15, 0.2) is 36.4 Å². The predicted octanol–water partition coefficient (Wildman–Crippen LogP) is 1.42. The Hall–Kier alpha value is -1.98. The highest BCUT2D eigenvalue weighted by atomic mass is 16.4. The summed E-state index contributed by atoms with van der Waals surface area (Å²) in [6.07, 6.45) is 3.51. The van der Waals surface area contributed by atoms with Crippen molar-refractivity contribution in [3.05, 3.63) is 42.0 Å². The average molecular weight is 315 g/mol. The van der Waals surface area contributed by atoms with Crippen LogP contribution in [-0.4, -0.2) is 52.1 Å². The van der Waals surface area contributed by atoms with Gasteiger partial charge in [0.1, 0.15) is 0 Å². The highest BCUT2D eigenvalue weighted by molar-refractivity contribution is 5.97. The van der Waals surface area contributed by atoms with E-state index in [1.165, 1.54) is 6.08 Å². The molecule has 1 aromatic carbocycles. The first-order valence-corrected chi connectivity index (χ1v) is 7.90. The number of nitrogens with zero attached hydrogens (tertiary/aromatic N) is 1. The van der Waals surface area contributed by atoms with Crippen LogP contribution < -0.4 is 0 Å². The normalized spacial score (nSPS) is 33.9. The molecule has 0 amide bonds. The molecule has 5 atom stereocenters. The van der Waals surface area contributed by atoms with Gasteiger partial charge in [-0.1, -0.05) is 36.4 Å². The second-order valence-electron chi connectivity index (χ2n) is 6.40. The van der Waals surface area contributed by atoms with Gasteiger partial charge in [0.2, 0.25) is 0 Å². The highest BCUT2D eigenvalue weighted by Crippen LogP contribution is 2.42. The Morgan fingerprint density at radius 3 is 2.35 bits per heavy atom. The third kappa shape index (κ3) is 2.82. The molecule has 0 aliphatic carbocycles. The number of hydrogen-bond acceptors (Lipinski definition) is 4. The maximum Gasteiger partial charge on any atom is 0.310 e. The number of aliphatic carboxylic acids is 1. The number of hydrogen-bond donors (Lipinski definition) is 2. The molecule has 1 unspecified atom stereocenters. The van der Waals surface area contributed by atoms with Crippen LogP contribution in [0.3, 0.4) is 0 Å². The van der Waals surface area contributed by atoms with Gasteiger partial charge < -0.3 is 10.2 Å². The van der Waals surface area contributed by atoms with Crippen LogP contribution >= 0.6 is 0 Å². The predicted molar refractivity (Wildman–Crippen MR) is 85.7 cm³/mol. The van der Waals surface area contributed by atoms with Gasteiger partial charge in [0, 0.05) is 12.1 Å². The monoisotopic (exact) mass is 315 g/mol. The largest absolute Gasteiger partial charge is 0.481 e. The summed E-state index contributed by atoms with van der Waals surface area (Å²) in [6, 6.07) is 9.17. The summed E-state index contributed by atoms with van der Waals surface area (Å²) in [5.41, 5.74) is 0.901. The summed E-state index contributed by atoms with van der Waals surface area (Å²) >= 11 is 0. The van der Waals surface area contributed by atoms with Crippen molar-refractivity contribution in [2.75, 3.05) is 7.05 Å². The molecule has 23 heavy (non-hydrogen) atoms. The second-order valence-corrected chi connectivity index (χ2v) is 6.40. The summed E-state index contributed by atoms with van der Waals surface area (Å²) in [7, 11) is 1.85. The van der Waals surface area contributed by atoms with Gasteiger partial charge in [-0.05, 0) is 31.5 Å². The number of piperidine rings is 1. The summed E-state index contributed by atoms with van der Waals surface area (Å²) in [5.74, 6) is -2.82. The van der Waals surface area contributed by atoms with Crippen LogP contribution in [0.1, 0.15) is 18.4 Å². The van der Waals surface area contributed by atoms with Crippen LogP contribution in [0.25, 0.3) is 6.08 Å². The molecule has 2 heterocycles. The van der Waals surface area contributed by atoms with E-state index in [9.17, 15) is 19.8 Å². The first-order valence-electron chi connectivity index (χ1n) is 7.90. The van der Waals surface area contributed by atoms with Gasteiger partial charge in [-0.3, -0.25) is 14.5 Å². The van der Waals surface area contributed by atoms with Crippen molar-refractivity contribution in [2.45, 2.75) is 31.0 Å². The number of rotatable bonds is 4. The standard InChI is InChI=1S/C18H21NO4/c1-19-12-8-9-13(19)16(18(22)23)17(21)15(12)14(20)10-7-11-5-3-2-4-6-11/h2-7,10,12-13,15-17,21H,8-9H2,1H3,(H,22,23)/t12-,13+,15?,16+,17-/m0/s1. The number of carbonyl (C=O) groups excluding carboxylic acids is 1. The molecule has 0 aromatic heterocycles. The Morgan fingerprint density at radius 2 is 1.74 bits per heavy atom. The van der Waals surface area contributed by atoms with E-state index in [1.54, 1.807) is 6.08 Å². The molecule has 2 aliphatic rings. The Balaban J connectivity index is 1.84. The minimum Gasteiger partial charge on any atom is -0.481 e. The molecule has 2 aliphatic heterocycles. The van der Waals surface area contributed by atoms with Crippen LogP contribution in [0.5, 0.6) is 0 Å². The van der Waals surface area contributed by atoms with Gasteiger partial charge in [-0.25, -0.2) is 0 Å². The fourth-order valence-corrected chi connectivity index (χ4v) is 4.06. The summed E-state index contributed by atoms with van der Waals surface area (Å²) in [6.45, 7) is 0. The Morgan fingerprint density at radius 1 is 1.13 bits per heavy atom. The minimum absolute atomic E-state index is 0.0847. The van der Waals surface area contributed by atoms with Gasteiger partial charge in [-0.2, -0.15) is 0 Å². The number of fused-ring (bicyclic) bond motifs is 2. The number of ketones is 1. The van der Waals surface area contributed by atoms with Crippen LogP contribution in [-0.2, 0) is 9.59 Å². The van der Waals surface area contributed by atoms with E-state index in [-0.39, 0.29) is 17.9 Å². The van der Waals surface area contributed by atoms with Crippen molar-refractivity contribution >= 4 is 17.8 Å². The maximum absolute atomic E-state index is 12.6. The molecule has 0 saturated carbocycles. The lowest BCUT2D eigenvalue weighted by molar-refractivity contribution is -0.158. The Kier molecular flexibility index (Phi) is 4.33. The highest BCUT2D eigenvalue weighted by Gasteiger charge is 2.55. The first kappa shape index (κ1) is 15.9. The molecule has 2 fully saturated rings. The molecule has 3 rings (SSSR count). The molecule has 5 nitrogen and oxygen atoms in total. The van der Waals surface area contributed by atoms with Gasteiger partial charge in [0.05, 0.1) is 17.9 Å². The zero-order valence-corrected chi connectivity index (χ0v) is 13.0. The summed E-state index contributed by atoms with van der Waals surface area (Å²) < 4.78 is 0. The van der Waals surface area contributed by atoms with Crippen LogP contribution in [0.4, 0.5) is 0 Å². The van der Waals surface area contributed by atoms with Crippen molar-refractivity contribution in [1.29, 1.82) is 0 Å². The third-order valence-electron chi connectivity index (χ3n) is 5.22. The van der Waals surface area contributed by atoms with Gasteiger partial charge in [-0.15, -0.1) is 0 Å². The topological polar surface area (TPSA) is 77.8 Å². The molecule has 2 N–H and O–H groups in total. The molecule has 1 aromatic rings. The van der Waals surface area contributed by atoms with Crippen molar-refractivity contribution in [1.82, 2.24) is 4.90 Å². The van der Waals surface area contributed by atoms with Crippen LogP contribution in [0, 0.1) is 11.8 Å². The zero-order chi connectivity index (χ0) is 16.6. The van der Waals surface area contributed by atoms with E-state index in [1.807, 2.05) is 42.3 Å². The molecule has 0 radical (unpaired) electrons. The maximum atomic E-state index is 12.6. The lowest BCUT2D eigenvalue weighted by Gasteiger charge is -2.43. The molecule has 5 heteroatoms. The molecule has 2 saturated heterocycles. The Labute approximate surface area is 135 Å². The van der Waals surface area contributed by atoms with E-state index in [2.05, 4.69) is 0 Å². The Bertz CT molecular complexity index is 627. The molecule has 2 bridgehead atoms. The number of carbonyl (C=O) groups is 2. The fourth-order valence-electron chi connectivity index (χ4n) is 4.06. The van der Waals surface area contributed by atoms with E-state index in [0.717, 1.165) is 12.0 Å². The SMILES string of the molecule is CN1[C@@H]2CC[C@H]1C(C(=O)C=Cc1ccccc1)[C@H](O)[C@@H]2C(=O)O. The van der Waals surface area contributed by atoms with Crippen molar-refractivity contribution in [3.8, 4) is 0 Å². The fraction of sp³-hybridized carbons (Fsp3) is 0.444. The first-order chi connectivity index (χ1) is 11.0. The smallest absolute Gasteiger partial charge is 0.310 e. The van der Waals surface area contributed by atoms with E-state index in [4.69, 9.17) is 0 Å². The summed E-state index contributed by atoms with van der Waals surface area (Å²) in [5, 5.41) is 19.9. The van der Waals surface area contributed by atoms with E-state index >= 15 is 0 Å². The molecular weight excluding hydrogens is 294 g/mol. The second kappa shape index (κ2) is 6.26. The van der Waals surface area contributed by atoms with Crippen molar-refractivity contribution < 1.29 is 19.8 Å². The lowest BCUT2D eigenvalue weighted by Crippen LogP contribution is -2.59. The average Bonchev–Trinajstić information content (AvgIpc) is 2.80. The summed E-state index contributed by atoms with van der Waals surface area (Å²) in [4.78, 5) is 26.1. The number of carboxylic acids is 1. The van der Waals surface area contributed by atoms with Crippen LogP contribution in [0.2, 0.25) is 0 Å². The lowest BCUT2D eigenvalue weighted by atomic mass is 9.78. The molecular formula is C18H21NO4. The number of allylic oxidation sites excluding steroid dienone is 1. The van der Waals surface area contributed by atoms with E-state index in [0.29, 0.717) is 6.42 Å². The molecule has 0 spiro atoms. The quantitative estimate of drug-likeness (QED) is 0.822. The number of aliphatic hydroxyl groups excluding tert-OH is 1. The van der Waals surface area contributed by atoms with Crippen molar-refractivity contribution in [2.24, 2.45) is 11.8 Å². The minimum atomic E-state index is -1.13. The zero-order valence-electron chi connectivity index (χ0n) is 13.0. The van der Waals surface area contributed by atoms with Gasteiger partial charge >= 0.3 is 5.97 Å². The number of benzene rings is 1. The van der Waals surface area contributed by atoms with Gasteiger partial charge in [0.15, 0.2) is 5.78 Å². The van der Waals surface area contributed by atoms with E-state index < -0.39 is 23.9 Å². The van der Waals surface area contributed by atoms with Crippen molar-refractivity contribution in [3.63, 3.8) is 0 Å². The third-order valence-corrected chi connectivity index (χ3v) is 5.22. The van der Waals surface area contributed by atoms with Gasteiger partial charge in [0.25, 0.3) is 0 Å². The molecule has 122 valence electrons.